The van der Waals surface area contributed by atoms with E-state index in [1.165, 1.54) is 0 Å². The number of hydrogen-bond acceptors (Lipinski definition) is 4. The van der Waals surface area contributed by atoms with Gasteiger partial charge in [0, 0.05) is 25.7 Å². The zero-order valence-electron chi connectivity index (χ0n) is 15.0. The first-order chi connectivity index (χ1) is 11.3. The first-order valence-electron chi connectivity index (χ1n) is 9.14. The SMILES string of the molecule is CCCN(CCC)C(=O)C1CC1C(=O)N(CC)C1CCS(=O)(=O)C1. The molecule has 7 heteroatoms. The maximum absolute atomic E-state index is 12.7. The molecule has 0 aromatic rings. The highest BCUT2D eigenvalue weighted by Crippen LogP contribution is 2.42. The lowest BCUT2D eigenvalue weighted by atomic mass is 10.1. The third-order valence-corrected chi connectivity index (χ3v) is 6.75. The molecule has 0 radical (unpaired) electrons. The first-order valence-corrected chi connectivity index (χ1v) is 11.0. The van der Waals surface area contributed by atoms with Crippen molar-refractivity contribution in [1.29, 1.82) is 0 Å². The molecule has 0 N–H and O–H groups in total. The maximum Gasteiger partial charge on any atom is 0.226 e. The van der Waals surface area contributed by atoms with Crippen molar-refractivity contribution in [2.75, 3.05) is 31.1 Å². The Kier molecular flexibility index (Phi) is 6.28. The summed E-state index contributed by atoms with van der Waals surface area (Å²) in [6.07, 6.45) is 2.96. The smallest absolute Gasteiger partial charge is 0.226 e. The third-order valence-electron chi connectivity index (χ3n) is 5.00. The predicted octanol–water partition coefficient (Wildman–Crippen LogP) is 1.31. The van der Waals surface area contributed by atoms with E-state index in [0.717, 1.165) is 25.9 Å². The molecule has 2 aliphatic rings. The zero-order valence-corrected chi connectivity index (χ0v) is 15.8. The van der Waals surface area contributed by atoms with Gasteiger partial charge in [-0.25, -0.2) is 8.42 Å². The van der Waals surface area contributed by atoms with Crippen LogP contribution in [0.5, 0.6) is 0 Å². The second kappa shape index (κ2) is 7.85. The van der Waals surface area contributed by atoms with Gasteiger partial charge in [-0.05, 0) is 32.6 Å². The van der Waals surface area contributed by atoms with Gasteiger partial charge in [0.1, 0.15) is 0 Å². The molecule has 3 unspecified atom stereocenters. The number of nitrogens with zero attached hydrogens (tertiary/aromatic N) is 2. The Bertz CT molecular complexity index is 569. The Morgan fingerprint density at radius 3 is 2.04 bits per heavy atom. The predicted molar refractivity (Wildman–Crippen MR) is 93.2 cm³/mol. The van der Waals surface area contributed by atoms with E-state index in [1.54, 1.807) is 4.90 Å². The van der Waals surface area contributed by atoms with Gasteiger partial charge in [-0.3, -0.25) is 9.59 Å². The number of rotatable bonds is 8. The van der Waals surface area contributed by atoms with E-state index in [4.69, 9.17) is 0 Å². The molecule has 0 aromatic carbocycles. The second-order valence-electron chi connectivity index (χ2n) is 6.96. The highest BCUT2D eigenvalue weighted by atomic mass is 32.2. The van der Waals surface area contributed by atoms with E-state index in [-0.39, 0.29) is 41.2 Å². The molecule has 24 heavy (non-hydrogen) atoms. The van der Waals surface area contributed by atoms with E-state index < -0.39 is 9.84 Å². The van der Waals surface area contributed by atoms with Crippen molar-refractivity contribution in [3.63, 3.8) is 0 Å². The van der Waals surface area contributed by atoms with Crippen molar-refractivity contribution < 1.29 is 18.0 Å². The molecule has 1 saturated heterocycles. The summed E-state index contributed by atoms with van der Waals surface area (Å²) in [7, 11) is -3.02. The molecule has 1 aliphatic heterocycles. The lowest BCUT2D eigenvalue weighted by Crippen LogP contribution is -2.43. The van der Waals surface area contributed by atoms with Crippen LogP contribution in [0.25, 0.3) is 0 Å². The fourth-order valence-electron chi connectivity index (χ4n) is 3.68. The van der Waals surface area contributed by atoms with Gasteiger partial charge in [0.25, 0.3) is 0 Å². The molecule has 2 rings (SSSR count). The van der Waals surface area contributed by atoms with Crippen LogP contribution in [0, 0.1) is 11.8 Å². The molecule has 2 fully saturated rings. The topological polar surface area (TPSA) is 74.8 Å². The Morgan fingerprint density at radius 2 is 1.58 bits per heavy atom. The average molecular weight is 359 g/mol. The van der Waals surface area contributed by atoms with E-state index in [0.29, 0.717) is 19.4 Å². The summed E-state index contributed by atoms with van der Waals surface area (Å²) >= 11 is 0. The molecule has 1 aliphatic carbocycles. The Balaban J connectivity index is 1.97. The van der Waals surface area contributed by atoms with Gasteiger partial charge in [-0.2, -0.15) is 0 Å². The van der Waals surface area contributed by atoms with Gasteiger partial charge < -0.3 is 9.80 Å². The third kappa shape index (κ3) is 4.29. The molecule has 1 saturated carbocycles. The van der Waals surface area contributed by atoms with E-state index >= 15 is 0 Å². The Labute approximate surface area is 145 Å². The summed E-state index contributed by atoms with van der Waals surface area (Å²) < 4.78 is 23.4. The van der Waals surface area contributed by atoms with Crippen molar-refractivity contribution in [2.45, 2.75) is 52.5 Å². The second-order valence-corrected chi connectivity index (χ2v) is 9.18. The molecule has 2 amide bonds. The number of sulfone groups is 1. The lowest BCUT2D eigenvalue weighted by molar-refractivity contribution is -0.139. The standard InChI is InChI=1S/C17H30N2O4S/c1-4-8-18(9-5-2)16(20)14-11-15(14)17(21)19(6-3)13-7-10-24(22,23)12-13/h13-15H,4-12H2,1-3H3. The highest BCUT2D eigenvalue weighted by molar-refractivity contribution is 7.91. The average Bonchev–Trinajstić information content (AvgIpc) is 3.25. The van der Waals surface area contributed by atoms with Gasteiger partial charge in [-0.1, -0.05) is 13.8 Å². The lowest BCUT2D eigenvalue weighted by Gasteiger charge is -2.27. The van der Waals surface area contributed by atoms with Crippen molar-refractivity contribution >= 4 is 21.7 Å². The summed E-state index contributed by atoms with van der Waals surface area (Å²) in [6.45, 7) is 7.95. The molecule has 0 bridgehead atoms. The van der Waals surface area contributed by atoms with Crippen LogP contribution in [0.1, 0.15) is 46.5 Å². The number of hydrogen-bond donors (Lipinski definition) is 0. The Morgan fingerprint density at radius 1 is 1.00 bits per heavy atom. The van der Waals surface area contributed by atoms with Gasteiger partial charge in [0.15, 0.2) is 9.84 Å². The molecule has 138 valence electrons. The summed E-state index contributed by atoms with van der Waals surface area (Å²) in [4.78, 5) is 28.9. The van der Waals surface area contributed by atoms with E-state index in [1.807, 2.05) is 25.7 Å². The van der Waals surface area contributed by atoms with Crippen LogP contribution in [0.15, 0.2) is 0 Å². The van der Waals surface area contributed by atoms with Crippen LogP contribution < -0.4 is 0 Å². The summed E-state index contributed by atoms with van der Waals surface area (Å²) in [6, 6.07) is -0.216. The molecular formula is C17H30N2O4S. The van der Waals surface area contributed by atoms with Gasteiger partial charge >= 0.3 is 0 Å². The summed E-state index contributed by atoms with van der Waals surface area (Å²) in [5.74, 6) is -0.178. The fourth-order valence-corrected chi connectivity index (χ4v) is 5.41. The molecular weight excluding hydrogens is 328 g/mol. The van der Waals surface area contributed by atoms with Crippen LogP contribution in [0.3, 0.4) is 0 Å². The monoisotopic (exact) mass is 358 g/mol. The molecule has 6 nitrogen and oxygen atoms in total. The minimum absolute atomic E-state index is 0.0362. The van der Waals surface area contributed by atoms with Gasteiger partial charge in [-0.15, -0.1) is 0 Å². The minimum Gasteiger partial charge on any atom is -0.342 e. The molecule has 1 heterocycles. The minimum atomic E-state index is -3.02. The van der Waals surface area contributed by atoms with Gasteiger partial charge in [0.05, 0.1) is 23.3 Å². The quantitative estimate of drug-likeness (QED) is 0.656. The highest BCUT2D eigenvalue weighted by Gasteiger charge is 2.51. The van der Waals surface area contributed by atoms with Crippen LogP contribution >= 0.6 is 0 Å². The number of amides is 2. The van der Waals surface area contributed by atoms with E-state index in [2.05, 4.69) is 0 Å². The largest absolute Gasteiger partial charge is 0.342 e. The normalized spacial score (nSPS) is 27.7. The van der Waals surface area contributed by atoms with Crippen molar-refractivity contribution in [1.82, 2.24) is 9.80 Å². The summed E-state index contributed by atoms with van der Waals surface area (Å²) in [5.41, 5.74) is 0. The maximum atomic E-state index is 12.7. The zero-order chi connectivity index (χ0) is 17.9. The van der Waals surface area contributed by atoms with Crippen molar-refractivity contribution in [3.8, 4) is 0 Å². The van der Waals surface area contributed by atoms with Crippen LogP contribution in [0.2, 0.25) is 0 Å². The van der Waals surface area contributed by atoms with Gasteiger partial charge in [0.2, 0.25) is 11.8 Å². The van der Waals surface area contributed by atoms with E-state index in [9.17, 15) is 18.0 Å². The Hall–Kier alpha value is -1.11. The molecule has 3 atom stereocenters. The van der Waals surface area contributed by atoms with Crippen molar-refractivity contribution in [2.24, 2.45) is 11.8 Å². The van der Waals surface area contributed by atoms with Crippen LogP contribution in [-0.2, 0) is 19.4 Å². The number of carbonyl (C=O) groups excluding carboxylic acids is 2. The van der Waals surface area contributed by atoms with Crippen LogP contribution in [-0.4, -0.2) is 67.2 Å². The fraction of sp³-hybridized carbons (Fsp3) is 0.882. The molecule has 0 spiro atoms. The van der Waals surface area contributed by atoms with Crippen LogP contribution in [0.4, 0.5) is 0 Å². The first kappa shape index (κ1) is 19.2. The summed E-state index contributed by atoms with van der Waals surface area (Å²) in [5, 5.41) is 0. The van der Waals surface area contributed by atoms with Crippen molar-refractivity contribution in [3.05, 3.63) is 0 Å². The molecule has 0 aromatic heterocycles. The number of carbonyl (C=O) groups is 2.